The van der Waals surface area contributed by atoms with E-state index >= 15 is 0 Å². The molecule has 2 heterocycles. The quantitative estimate of drug-likeness (QED) is 0.303. The van der Waals surface area contributed by atoms with Crippen LogP contribution in [0, 0.1) is 0 Å². The standard InChI is InChI=1S/C12H20N6O2/c1-2-10(11(13)16-20)17-3-5-18(6-4-17)12(19)9-7-14-15-8-9/h7-8,10,20H,2-6H2,1H3,(H2,13,16)(H,14,15). The largest absolute Gasteiger partial charge is 0.409 e. The van der Waals surface area contributed by atoms with Gasteiger partial charge in [0.25, 0.3) is 5.91 Å². The molecule has 8 nitrogen and oxygen atoms in total. The molecule has 0 aromatic carbocycles. The third-order valence-corrected chi connectivity index (χ3v) is 3.63. The molecule has 1 atom stereocenters. The molecule has 0 aliphatic carbocycles. The molecule has 8 heteroatoms. The summed E-state index contributed by atoms with van der Waals surface area (Å²) in [4.78, 5) is 16.1. The second-order valence-electron chi connectivity index (χ2n) is 4.76. The minimum absolute atomic E-state index is 0.0183. The highest BCUT2D eigenvalue weighted by molar-refractivity contribution is 5.93. The van der Waals surface area contributed by atoms with Crippen LogP contribution in [0.5, 0.6) is 0 Å². The third-order valence-electron chi connectivity index (χ3n) is 3.63. The number of nitrogens with zero attached hydrogens (tertiary/aromatic N) is 4. The van der Waals surface area contributed by atoms with Crippen LogP contribution in [0.1, 0.15) is 23.7 Å². The molecule has 1 aromatic rings. The lowest BCUT2D eigenvalue weighted by molar-refractivity contribution is 0.0608. The van der Waals surface area contributed by atoms with E-state index in [9.17, 15) is 4.79 Å². The van der Waals surface area contributed by atoms with Crippen molar-refractivity contribution in [1.29, 1.82) is 0 Å². The van der Waals surface area contributed by atoms with Crippen molar-refractivity contribution in [2.45, 2.75) is 19.4 Å². The van der Waals surface area contributed by atoms with Crippen molar-refractivity contribution in [3.63, 3.8) is 0 Å². The Morgan fingerprint density at radius 3 is 2.75 bits per heavy atom. The van der Waals surface area contributed by atoms with Crippen molar-refractivity contribution in [3.05, 3.63) is 18.0 Å². The van der Waals surface area contributed by atoms with Crippen LogP contribution >= 0.6 is 0 Å². The first kappa shape index (κ1) is 14.3. The number of piperazine rings is 1. The molecule has 20 heavy (non-hydrogen) atoms. The first-order valence-electron chi connectivity index (χ1n) is 6.66. The SMILES string of the molecule is CCC(C(N)=NO)N1CCN(C(=O)c2cn[nH]c2)CC1. The van der Waals surface area contributed by atoms with E-state index in [1.165, 1.54) is 6.20 Å². The fourth-order valence-corrected chi connectivity index (χ4v) is 2.51. The Bertz CT molecular complexity index is 464. The van der Waals surface area contributed by atoms with Crippen LogP contribution in [0.15, 0.2) is 17.5 Å². The fraction of sp³-hybridized carbons (Fsp3) is 0.583. The summed E-state index contributed by atoms with van der Waals surface area (Å²) in [6, 6.07) is -0.0776. The van der Waals surface area contributed by atoms with E-state index < -0.39 is 0 Å². The average Bonchev–Trinajstić information content (AvgIpc) is 3.02. The molecule has 2 rings (SSSR count). The predicted molar refractivity (Wildman–Crippen MR) is 73.6 cm³/mol. The molecule has 1 aliphatic rings. The highest BCUT2D eigenvalue weighted by atomic mass is 16.4. The number of aromatic nitrogens is 2. The Kier molecular flexibility index (Phi) is 4.57. The first-order chi connectivity index (χ1) is 9.67. The summed E-state index contributed by atoms with van der Waals surface area (Å²) in [5.74, 6) is 0.206. The molecule has 110 valence electrons. The summed E-state index contributed by atoms with van der Waals surface area (Å²) in [6.07, 6.45) is 3.89. The molecule has 4 N–H and O–H groups in total. The number of hydrogen-bond donors (Lipinski definition) is 3. The molecule has 1 aromatic heterocycles. The Hall–Kier alpha value is -2.09. The first-order valence-corrected chi connectivity index (χ1v) is 6.66. The van der Waals surface area contributed by atoms with Crippen molar-refractivity contribution in [2.75, 3.05) is 26.2 Å². The molecule has 0 spiro atoms. The lowest BCUT2D eigenvalue weighted by Gasteiger charge is -2.38. The summed E-state index contributed by atoms with van der Waals surface area (Å²) >= 11 is 0. The van der Waals surface area contributed by atoms with Crippen LogP contribution < -0.4 is 5.73 Å². The summed E-state index contributed by atoms with van der Waals surface area (Å²) in [5, 5.41) is 18.3. The van der Waals surface area contributed by atoms with E-state index in [-0.39, 0.29) is 17.8 Å². The van der Waals surface area contributed by atoms with Crippen molar-refractivity contribution >= 4 is 11.7 Å². The second kappa shape index (κ2) is 6.38. The minimum atomic E-state index is -0.0776. The van der Waals surface area contributed by atoms with Crippen LogP contribution in [0.3, 0.4) is 0 Å². The maximum Gasteiger partial charge on any atom is 0.257 e. The zero-order chi connectivity index (χ0) is 14.5. The monoisotopic (exact) mass is 280 g/mol. The molecule has 0 saturated carbocycles. The van der Waals surface area contributed by atoms with Gasteiger partial charge >= 0.3 is 0 Å². The second-order valence-corrected chi connectivity index (χ2v) is 4.76. The van der Waals surface area contributed by atoms with Crippen LogP contribution in [-0.2, 0) is 0 Å². The molecule has 1 saturated heterocycles. The molecule has 1 aliphatic heterocycles. The zero-order valence-corrected chi connectivity index (χ0v) is 11.5. The van der Waals surface area contributed by atoms with E-state index in [0.29, 0.717) is 31.7 Å². The number of hydrogen-bond acceptors (Lipinski definition) is 5. The van der Waals surface area contributed by atoms with Gasteiger partial charge in [0.05, 0.1) is 17.8 Å². The summed E-state index contributed by atoms with van der Waals surface area (Å²) in [6.45, 7) is 4.65. The summed E-state index contributed by atoms with van der Waals surface area (Å²) in [7, 11) is 0. The van der Waals surface area contributed by atoms with Crippen LogP contribution in [-0.4, -0.2) is 69.2 Å². The van der Waals surface area contributed by atoms with Crippen molar-refractivity contribution in [1.82, 2.24) is 20.0 Å². The minimum Gasteiger partial charge on any atom is -0.409 e. The lowest BCUT2D eigenvalue weighted by Crippen LogP contribution is -2.55. The van der Waals surface area contributed by atoms with Gasteiger partial charge in [-0.05, 0) is 6.42 Å². The lowest BCUT2D eigenvalue weighted by atomic mass is 10.1. The predicted octanol–water partition coefficient (Wildman–Crippen LogP) is -0.307. The summed E-state index contributed by atoms with van der Waals surface area (Å²) in [5.41, 5.74) is 6.27. The van der Waals surface area contributed by atoms with E-state index in [0.717, 1.165) is 6.42 Å². The number of H-pyrrole nitrogens is 1. The summed E-state index contributed by atoms with van der Waals surface area (Å²) < 4.78 is 0. The Morgan fingerprint density at radius 2 is 2.25 bits per heavy atom. The van der Waals surface area contributed by atoms with Gasteiger partial charge in [0.1, 0.15) is 0 Å². The van der Waals surface area contributed by atoms with Crippen LogP contribution in [0.4, 0.5) is 0 Å². The Labute approximate surface area is 117 Å². The van der Waals surface area contributed by atoms with Gasteiger partial charge in [0.15, 0.2) is 5.84 Å². The Balaban J connectivity index is 1.94. The van der Waals surface area contributed by atoms with Crippen molar-refractivity contribution in [3.8, 4) is 0 Å². The maximum absolute atomic E-state index is 12.2. The van der Waals surface area contributed by atoms with Crippen LogP contribution in [0.25, 0.3) is 0 Å². The topological polar surface area (TPSA) is 111 Å². The Morgan fingerprint density at radius 1 is 1.55 bits per heavy atom. The normalized spacial score (nSPS) is 19.1. The maximum atomic E-state index is 12.2. The van der Waals surface area contributed by atoms with Gasteiger partial charge in [-0.3, -0.25) is 14.8 Å². The number of carbonyl (C=O) groups is 1. The van der Waals surface area contributed by atoms with Crippen molar-refractivity contribution in [2.24, 2.45) is 10.9 Å². The number of amides is 1. The smallest absolute Gasteiger partial charge is 0.257 e. The van der Waals surface area contributed by atoms with Crippen LogP contribution in [0.2, 0.25) is 0 Å². The number of aromatic amines is 1. The van der Waals surface area contributed by atoms with E-state index in [2.05, 4.69) is 20.3 Å². The number of oxime groups is 1. The van der Waals surface area contributed by atoms with Gasteiger partial charge in [-0.2, -0.15) is 5.10 Å². The van der Waals surface area contributed by atoms with Gasteiger partial charge in [0.2, 0.25) is 0 Å². The third kappa shape index (κ3) is 2.90. The number of nitrogens with one attached hydrogen (secondary N) is 1. The highest BCUT2D eigenvalue weighted by Gasteiger charge is 2.28. The molecule has 1 fully saturated rings. The van der Waals surface area contributed by atoms with Gasteiger partial charge in [-0.25, -0.2) is 0 Å². The molecule has 0 bridgehead atoms. The number of rotatable bonds is 4. The number of carbonyl (C=O) groups excluding carboxylic acids is 1. The highest BCUT2D eigenvalue weighted by Crippen LogP contribution is 2.12. The number of amidine groups is 1. The van der Waals surface area contributed by atoms with E-state index in [1.807, 2.05) is 6.92 Å². The van der Waals surface area contributed by atoms with Gasteiger partial charge in [-0.15, -0.1) is 0 Å². The molecular weight excluding hydrogens is 260 g/mol. The average molecular weight is 280 g/mol. The fourth-order valence-electron chi connectivity index (χ4n) is 2.51. The van der Waals surface area contributed by atoms with Gasteiger partial charge < -0.3 is 15.8 Å². The molecule has 0 radical (unpaired) electrons. The van der Waals surface area contributed by atoms with E-state index in [1.54, 1.807) is 11.1 Å². The molecular formula is C12H20N6O2. The van der Waals surface area contributed by atoms with Gasteiger partial charge in [0, 0.05) is 32.4 Å². The van der Waals surface area contributed by atoms with Crippen molar-refractivity contribution < 1.29 is 10.0 Å². The number of nitrogens with two attached hydrogens (primary N) is 1. The zero-order valence-electron chi connectivity index (χ0n) is 11.5. The molecule has 1 unspecified atom stereocenters. The molecule has 1 amide bonds. The van der Waals surface area contributed by atoms with Gasteiger partial charge in [-0.1, -0.05) is 12.1 Å². The van der Waals surface area contributed by atoms with E-state index in [4.69, 9.17) is 10.9 Å².